The lowest BCUT2D eigenvalue weighted by molar-refractivity contribution is -0.133. The molecule has 1 saturated heterocycles. The highest BCUT2D eigenvalue weighted by Crippen LogP contribution is 2.23. The minimum atomic E-state index is -0.335. The Kier molecular flexibility index (Phi) is 5.40. The Balaban J connectivity index is 1.57. The number of piperazine rings is 1. The topological polar surface area (TPSA) is 77.2 Å². The first-order valence-electron chi connectivity index (χ1n) is 9.17. The van der Waals surface area contributed by atoms with E-state index in [0.29, 0.717) is 25.4 Å². The molecule has 2 aliphatic heterocycles. The second kappa shape index (κ2) is 7.54. The van der Waals surface area contributed by atoms with Crippen molar-refractivity contribution >= 4 is 5.91 Å². The van der Waals surface area contributed by atoms with Crippen LogP contribution in [0.25, 0.3) is 0 Å². The SMILES string of the molecule is CC(C)c1nc2c(n1C)CCN(CCC(=O)N1CCNCC1C#N)C2. The summed E-state index contributed by atoms with van der Waals surface area (Å²) in [6.45, 7) is 8.80. The van der Waals surface area contributed by atoms with Gasteiger partial charge < -0.3 is 14.8 Å². The van der Waals surface area contributed by atoms with E-state index in [2.05, 4.69) is 41.7 Å². The molecule has 25 heavy (non-hydrogen) atoms. The van der Waals surface area contributed by atoms with Crippen molar-refractivity contribution < 1.29 is 4.79 Å². The summed E-state index contributed by atoms with van der Waals surface area (Å²) in [5, 5.41) is 12.4. The maximum absolute atomic E-state index is 12.5. The van der Waals surface area contributed by atoms with Crippen LogP contribution >= 0.6 is 0 Å². The predicted octanol–water partition coefficient (Wildman–Crippen LogP) is 0.616. The first kappa shape index (κ1) is 17.9. The van der Waals surface area contributed by atoms with Crippen molar-refractivity contribution in [3.63, 3.8) is 0 Å². The summed E-state index contributed by atoms with van der Waals surface area (Å²) in [6.07, 6.45) is 1.45. The van der Waals surface area contributed by atoms with Crippen molar-refractivity contribution in [3.05, 3.63) is 17.2 Å². The number of amides is 1. The summed E-state index contributed by atoms with van der Waals surface area (Å²) in [5.41, 5.74) is 2.49. The van der Waals surface area contributed by atoms with Crippen LogP contribution in [0.1, 0.15) is 43.4 Å². The van der Waals surface area contributed by atoms with E-state index in [-0.39, 0.29) is 11.9 Å². The van der Waals surface area contributed by atoms with Gasteiger partial charge in [-0.1, -0.05) is 13.8 Å². The van der Waals surface area contributed by atoms with E-state index < -0.39 is 0 Å². The van der Waals surface area contributed by atoms with Gasteiger partial charge in [0.15, 0.2) is 0 Å². The quantitative estimate of drug-likeness (QED) is 0.866. The van der Waals surface area contributed by atoms with Gasteiger partial charge in [0.2, 0.25) is 5.91 Å². The van der Waals surface area contributed by atoms with Gasteiger partial charge in [-0.15, -0.1) is 0 Å². The van der Waals surface area contributed by atoms with E-state index in [1.165, 1.54) is 5.69 Å². The standard InChI is InChI=1S/C18H28N6O/c1-13(2)18-21-15-12-23(7-4-16(15)22(18)3)8-5-17(25)24-9-6-20-11-14(24)10-19/h13-14,20H,4-9,11-12H2,1-3H3. The average molecular weight is 344 g/mol. The van der Waals surface area contributed by atoms with Gasteiger partial charge >= 0.3 is 0 Å². The van der Waals surface area contributed by atoms with Crippen LogP contribution in [-0.4, -0.2) is 64.0 Å². The minimum absolute atomic E-state index is 0.0859. The normalized spacial score (nSPS) is 21.2. The van der Waals surface area contributed by atoms with Crippen LogP contribution in [0.15, 0.2) is 0 Å². The summed E-state index contributed by atoms with van der Waals surface area (Å²) in [5.74, 6) is 1.64. The number of rotatable bonds is 4. The Labute approximate surface area is 149 Å². The second-order valence-electron chi connectivity index (χ2n) is 7.29. The summed E-state index contributed by atoms with van der Waals surface area (Å²) >= 11 is 0. The molecule has 1 atom stereocenters. The zero-order chi connectivity index (χ0) is 18.0. The molecule has 7 heteroatoms. The van der Waals surface area contributed by atoms with E-state index >= 15 is 0 Å². The van der Waals surface area contributed by atoms with E-state index in [0.717, 1.165) is 44.1 Å². The van der Waals surface area contributed by atoms with Crippen molar-refractivity contribution in [2.45, 2.75) is 45.2 Å². The van der Waals surface area contributed by atoms with Gasteiger partial charge in [-0.25, -0.2) is 4.98 Å². The predicted molar refractivity (Wildman–Crippen MR) is 94.9 cm³/mol. The highest BCUT2D eigenvalue weighted by molar-refractivity contribution is 5.77. The zero-order valence-corrected chi connectivity index (χ0v) is 15.5. The van der Waals surface area contributed by atoms with Crippen LogP contribution in [0.4, 0.5) is 0 Å². The molecule has 1 aromatic rings. The van der Waals surface area contributed by atoms with Crippen molar-refractivity contribution in [2.24, 2.45) is 7.05 Å². The minimum Gasteiger partial charge on any atom is -0.335 e. The molecule has 3 rings (SSSR count). The lowest BCUT2D eigenvalue weighted by atomic mass is 10.1. The smallest absolute Gasteiger partial charge is 0.225 e. The van der Waals surface area contributed by atoms with Crippen LogP contribution in [0.3, 0.4) is 0 Å². The number of hydrogen-bond acceptors (Lipinski definition) is 5. The second-order valence-corrected chi connectivity index (χ2v) is 7.29. The number of aromatic nitrogens is 2. The van der Waals surface area contributed by atoms with Gasteiger partial charge in [0.05, 0.1) is 11.8 Å². The van der Waals surface area contributed by atoms with Gasteiger partial charge in [-0.05, 0) is 0 Å². The van der Waals surface area contributed by atoms with Crippen LogP contribution in [0.2, 0.25) is 0 Å². The zero-order valence-electron chi connectivity index (χ0n) is 15.5. The molecule has 136 valence electrons. The molecule has 0 saturated carbocycles. The highest BCUT2D eigenvalue weighted by Gasteiger charge is 2.28. The molecule has 7 nitrogen and oxygen atoms in total. The Morgan fingerprint density at radius 1 is 1.44 bits per heavy atom. The molecule has 0 bridgehead atoms. The Hall–Kier alpha value is -1.91. The molecule has 1 amide bonds. The number of carbonyl (C=O) groups excluding carboxylic acids is 1. The molecule has 1 N–H and O–H groups in total. The van der Waals surface area contributed by atoms with Crippen LogP contribution in [-0.2, 0) is 24.8 Å². The number of carbonyl (C=O) groups is 1. The molecule has 0 radical (unpaired) electrons. The summed E-state index contributed by atoms with van der Waals surface area (Å²) in [6, 6.07) is 1.89. The van der Waals surface area contributed by atoms with Gasteiger partial charge in [-0.2, -0.15) is 5.26 Å². The fourth-order valence-electron chi connectivity index (χ4n) is 3.83. The van der Waals surface area contributed by atoms with Crippen molar-refractivity contribution in [3.8, 4) is 6.07 Å². The molecule has 0 aliphatic carbocycles. The summed E-state index contributed by atoms with van der Waals surface area (Å²) in [7, 11) is 2.10. The van der Waals surface area contributed by atoms with E-state index in [4.69, 9.17) is 4.98 Å². The fraction of sp³-hybridized carbons (Fsp3) is 0.722. The maximum Gasteiger partial charge on any atom is 0.225 e. The first-order chi connectivity index (χ1) is 12.0. The molecule has 1 aromatic heterocycles. The molecular formula is C18H28N6O. The molecule has 1 fully saturated rings. The molecule has 0 spiro atoms. The maximum atomic E-state index is 12.5. The Morgan fingerprint density at radius 2 is 2.24 bits per heavy atom. The number of hydrogen-bond donors (Lipinski definition) is 1. The number of nitriles is 1. The third-order valence-corrected chi connectivity index (χ3v) is 5.24. The Bertz CT molecular complexity index is 674. The molecule has 0 aromatic carbocycles. The average Bonchev–Trinajstić information content (AvgIpc) is 2.96. The molecule has 2 aliphatic rings. The van der Waals surface area contributed by atoms with Gasteiger partial charge in [-0.3, -0.25) is 9.69 Å². The number of imidazole rings is 1. The molecule has 3 heterocycles. The Morgan fingerprint density at radius 3 is 2.96 bits per heavy atom. The van der Waals surface area contributed by atoms with Crippen LogP contribution < -0.4 is 5.32 Å². The third kappa shape index (κ3) is 3.70. The van der Waals surface area contributed by atoms with Crippen molar-refractivity contribution in [2.75, 3.05) is 32.7 Å². The number of fused-ring (bicyclic) bond motifs is 1. The van der Waals surface area contributed by atoms with E-state index in [1.54, 1.807) is 4.90 Å². The summed E-state index contributed by atoms with van der Waals surface area (Å²) in [4.78, 5) is 21.4. The highest BCUT2D eigenvalue weighted by atomic mass is 16.2. The third-order valence-electron chi connectivity index (χ3n) is 5.24. The molecule has 1 unspecified atom stereocenters. The largest absolute Gasteiger partial charge is 0.335 e. The number of nitrogens with zero attached hydrogens (tertiary/aromatic N) is 5. The van der Waals surface area contributed by atoms with Crippen molar-refractivity contribution in [1.82, 2.24) is 24.7 Å². The lowest BCUT2D eigenvalue weighted by Gasteiger charge is -2.33. The number of nitrogens with one attached hydrogen (secondary N) is 1. The van der Waals surface area contributed by atoms with Crippen molar-refractivity contribution in [1.29, 1.82) is 5.26 Å². The summed E-state index contributed by atoms with van der Waals surface area (Å²) < 4.78 is 2.24. The monoisotopic (exact) mass is 344 g/mol. The van der Waals surface area contributed by atoms with Crippen LogP contribution in [0.5, 0.6) is 0 Å². The van der Waals surface area contributed by atoms with E-state index in [1.807, 2.05) is 0 Å². The molecular weight excluding hydrogens is 316 g/mol. The van der Waals surface area contributed by atoms with Gasteiger partial charge in [0.25, 0.3) is 0 Å². The van der Waals surface area contributed by atoms with E-state index in [9.17, 15) is 10.1 Å². The first-order valence-corrected chi connectivity index (χ1v) is 9.17. The van der Waals surface area contributed by atoms with Gasteiger partial charge in [0.1, 0.15) is 11.9 Å². The fourth-order valence-corrected chi connectivity index (χ4v) is 3.83. The van der Waals surface area contributed by atoms with Crippen LogP contribution in [0, 0.1) is 11.3 Å². The van der Waals surface area contributed by atoms with Gasteiger partial charge in [0, 0.05) is 70.8 Å². The lowest BCUT2D eigenvalue weighted by Crippen LogP contribution is -2.53.